The molecule has 1 N–H and O–H groups in total. The number of alkyl halides is 1. The van der Waals surface area contributed by atoms with Gasteiger partial charge in [-0.25, -0.2) is 9.18 Å². The van der Waals surface area contributed by atoms with E-state index in [1.54, 1.807) is 37.3 Å². The summed E-state index contributed by atoms with van der Waals surface area (Å²) in [6.07, 6.45) is -0.403. The molecule has 136 valence electrons. The second kappa shape index (κ2) is 6.80. The highest BCUT2D eigenvalue weighted by molar-refractivity contribution is 6.03. The van der Waals surface area contributed by atoms with Gasteiger partial charge < -0.3 is 14.8 Å². The van der Waals surface area contributed by atoms with Crippen LogP contribution in [0.4, 0.5) is 10.2 Å². The molecule has 1 saturated heterocycles. The third-order valence-corrected chi connectivity index (χ3v) is 4.65. The number of halogens is 1. The number of nitrogens with one attached hydrogen (secondary N) is 1. The average molecular weight is 359 g/mol. The molecule has 0 saturated carbocycles. The average Bonchev–Trinajstić information content (AvgIpc) is 2.85. The maximum Gasteiger partial charge on any atom is 0.351 e. The molecule has 2 heterocycles. The second-order valence-corrected chi connectivity index (χ2v) is 6.35. The van der Waals surface area contributed by atoms with Gasteiger partial charge in [0.2, 0.25) is 0 Å². The van der Waals surface area contributed by atoms with Gasteiger partial charge >= 0.3 is 5.69 Å². The third kappa shape index (κ3) is 3.15. The number of hydrogen-bond acceptors (Lipinski definition) is 5. The minimum absolute atomic E-state index is 0.0404. The number of hydrogen-bond donors (Lipinski definition) is 1. The van der Waals surface area contributed by atoms with E-state index in [2.05, 4.69) is 10.3 Å². The highest BCUT2D eigenvalue weighted by Gasteiger charge is 2.53. The van der Waals surface area contributed by atoms with Crippen LogP contribution in [-0.4, -0.2) is 33.5 Å². The highest BCUT2D eigenvalue weighted by Crippen LogP contribution is 2.44. The first-order valence-electron chi connectivity index (χ1n) is 8.10. The molecule has 1 aliphatic rings. The van der Waals surface area contributed by atoms with E-state index in [1.807, 2.05) is 0 Å². The lowest BCUT2D eigenvalue weighted by Gasteiger charge is -2.25. The Balaban J connectivity index is 1.83. The molecule has 8 heteroatoms. The number of aromatic nitrogens is 2. The largest absolute Gasteiger partial charge is 0.351 e. The maximum atomic E-state index is 15.0. The Hall–Kier alpha value is -2.87. The van der Waals surface area contributed by atoms with Crippen molar-refractivity contribution in [1.29, 1.82) is 0 Å². The Bertz CT molecular complexity index is 882. The molecule has 26 heavy (non-hydrogen) atoms. The molecule has 1 amide bonds. The molecule has 1 aromatic heterocycles. The number of benzene rings is 1. The van der Waals surface area contributed by atoms with Gasteiger partial charge in [-0.1, -0.05) is 25.1 Å². The molecule has 1 aliphatic heterocycles. The Morgan fingerprint density at radius 2 is 2.04 bits per heavy atom. The van der Waals surface area contributed by atoms with E-state index in [0.717, 1.165) is 4.57 Å². The van der Waals surface area contributed by atoms with Crippen LogP contribution in [0, 0.1) is 5.92 Å². The number of amides is 1. The zero-order valence-electron chi connectivity index (χ0n) is 14.3. The van der Waals surface area contributed by atoms with Crippen molar-refractivity contribution in [3.63, 3.8) is 0 Å². The van der Waals surface area contributed by atoms with Crippen LogP contribution in [0.2, 0.25) is 0 Å². The van der Waals surface area contributed by atoms with Gasteiger partial charge in [-0.3, -0.25) is 9.36 Å². The maximum absolute atomic E-state index is 15.0. The standard InChI is InChI=1S/C18H18FN3O4/c1-11-13(10-23)26-16(18(11,2)19)22-9-8-14(21-17(22)25)20-15(24)12-6-4-3-5-7-12/h3-11,13,16H,1-2H3,(H,20,21,24,25)/t11-,13-,16-,18-/m1/s1. The topological polar surface area (TPSA) is 90.3 Å². The van der Waals surface area contributed by atoms with E-state index in [-0.39, 0.29) is 5.82 Å². The predicted molar refractivity (Wildman–Crippen MR) is 91.5 cm³/mol. The molecule has 0 radical (unpaired) electrons. The quantitative estimate of drug-likeness (QED) is 0.843. The van der Waals surface area contributed by atoms with E-state index in [1.165, 1.54) is 19.2 Å². The molecule has 1 fully saturated rings. The summed E-state index contributed by atoms with van der Waals surface area (Å²) in [7, 11) is 0. The van der Waals surface area contributed by atoms with E-state index in [9.17, 15) is 18.8 Å². The number of rotatable bonds is 4. The van der Waals surface area contributed by atoms with Gasteiger partial charge in [0.1, 0.15) is 18.2 Å². The van der Waals surface area contributed by atoms with Gasteiger partial charge in [0.15, 0.2) is 11.9 Å². The van der Waals surface area contributed by atoms with Crippen LogP contribution in [0.1, 0.15) is 30.4 Å². The summed E-state index contributed by atoms with van der Waals surface area (Å²) in [6, 6.07) is 9.83. The fourth-order valence-electron chi connectivity index (χ4n) is 2.87. The number of carbonyl (C=O) groups excluding carboxylic acids is 2. The van der Waals surface area contributed by atoms with Gasteiger partial charge in [0, 0.05) is 17.7 Å². The molecule has 0 bridgehead atoms. The second-order valence-electron chi connectivity index (χ2n) is 6.35. The van der Waals surface area contributed by atoms with Crippen molar-refractivity contribution in [2.24, 2.45) is 5.92 Å². The van der Waals surface area contributed by atoms with Gasteiger partial charge in [-0.05, 0) is 25.1 Å². The van der Waals surface area contributed by atoms with Crippen molar-refractivity contribution in [3.05, 3.63) is 58.6 Å². The summed E-state index contributed by atoms with van der Waals surface area (Å²) < 4.78 is 21.3. The third-order valence-electron chi connectivity index (χ3n) is 4.65. The van der Waals surface area contributed by atoms with E-state index in [0.29, 0.717) is 11.8 Å². The summed E-state index contributed by atoms with van der Waals surface area (Å²) >= 11 is 0. The predicted octanol–water partition coefficient (Wildman–Crippen LogP) is 1.96. The molecular formula is C18H18FN3O4. The van der Waals surface area contributed by atoms with E-state index < -0.39 is 35.5 Å². The van der Waals surface area contributed by atoms with Crippen molar-refractivity contribution < 1.29 is 18.7 Å². The Morgan fingerprint density at radius 3 is 2.62 bits per heavy atom. The van der Waals surface area contributed by atoms with Crippen LogP contribution in [0.15, 0.2) is 47.4 Å². The van der Waals surface area contributed by atoms with Gasteiger partial charge in [-0.2, -0.15) is 4.98 Å². The summed E-state index contributed by atoms with van der Waals surface area (Å²) in [6.45, 7) is 2.83. The van der Waals surface area contributed by atoms with Crippen molar-refractivity contribution in [2.45, 2.75) is 31.8 Å². The molecular weight excluding hydrogens is 341 g/mol. The molecule has 2 aromatic rings. The summed E-state index contributed by atoms with van der Waals surface area (Å²) in [5, 5.41) is 2.51. The van der Waals surface area contributed by atoms with Crippen LogP contribution < -0.4 is 11.0 Å². The van der Waals surface area contributed by atoms with Crippen molar-refractivity contribution in [2.75, 3.05) is 5.32 Å². The minimum Gasteiger partial charge on any atom is -0.343 e. The number of carbonyl (C=O) groups is 2. The Labute approximate surface area is 148 Å². The zero-order valence-corrected chi connectivity index (χ0v) is 14.3. The van der Waals surface area contributed by atoms with Crippen LogP contribution in [-0.2, 0) is 9.53 Å². The van der Waals surface area contributed by atoms with Gasteiger partial charge in [-0.15, -0.1) is 0 Å². The molecule has 0 unspecified atom stereocenters. The van der Waals surface area contributed by atoms with Crippen molar-refractivity contribution in [1.82, 2.24) is 9.55 Å². The molecule has 1 aromatic carbocycles. The number of anilines is 1. The smallest absolute Gasteiger partial charge is 0.343 e. The molecule has 4 atom stereocenters. The molecule has 7 nitrogen and oxygen atoms in total. The monoisotopic (exact) mass is 359 g/mol. The molecule has 3 rings (SSSR count). The summed E-state index contributed by atoms with van der Waals surface area (Å²) in [5.74, 6) is -1.09. The highest BCUT2D eigenvalue weighted by atomic mass is 19.1. The Morgan fingerprint density at radius 1 is 1.35 bits per heavy atom. The zero-order chi connectivity index (χ0) is 18.9. The fourth-order valence-corrected chi connectivity index (χ4v) is 2.87. The summed E-state index contributed by atoms with van der Waals surface area (Å²) in [5.41, 5.74) is -2.30. The van der Waals surface area contributed by atoms with E-state index in [4.69, 9.17) is 4.74 Å². The lowest BCUT2D eigenvalue weighted by atomic mass is 9.90. The first kappa shape index (κ1) is 17.9. The fraction of sp³-hybridized carbons (Fsp3) is 0.333. The first-order valence-corrected chi connectivity index (χ1v) is 8.10. The van der Waals surface area contributed by atoms with Crippen LogP contribution >= 0.6 is 0 Å². The number of aldehydes is 1. The SMILES string of the molecule is C[C@@H]1[C@@H](C=O)O[C@@H](n2ccc(NC(=O)c3ccccc3)nc2=O)[C@]1(C)F. The lowest BCUT2D eigenvalue weighted by Crippen LogP contribution is -2.38. The van der Waals surface area contributed by atoms with Gasteiger partial charge in [0.05, 0.1) is 0 Å². The minimum atomic E-state index is -1.92. The van der Waals surface area contributed by atoms with Crippen molar-refractivity contribution >= 4 is 18.0 Å². The van der Waals surface area contributed by atoms with Crippen LogP contribution in [0.5, 0.6) is 0 Å². The van der Waals surface area contributed by atoms with Crippen LogP contribution in [0.3, 0.4) is 0 Å². The van der Waals surface area contributed by atoms with Crippen molar-refractivity contribution in [3.8, 4) is 0 Å². The van der Waals surface area contributed by atoms with Crippen LogP contribution in [0.25, 0.3) is 0 Å². The molecule has 0 spiro atoms. The summed E-state index contributed by atoms with van der Waals surface area (Å²) in [4.78, 5) is 39.2. The number of ether oxygens (including phenoxy) is 1. The first-order chi connectivity index (χ1) is 12.3. The lowest BCUT2D eigenvalue weighted by molar-refractivity contribution is -0.121. The van der Waals surface area contributed by atoms with Gasteiger partial charge in [0.25, 0.3) is 5.91 Å². The normalized spacial score (nSPS) is 27.9. The Kier molecular flexibility index (Phi) is 4.69. The molecule has 0 aliphatic carbocycles. The number of nitrogens with zero attached hydrogens (tertiary/aromatic N) is 2. The van der Waals surface area contributed by atoms with E-state index >= 15 is 0 Å².